The van der Waals surface area contributed by atoms with E-state index in [1.54, 1.807) is 47.5 Å². The maximum Gasteiger partial charge on any atom is 0.490 e. The van der Waals surface area contributed by atoms with E-state index in [1.807, 2.05) is 6.07 Å². The lowest BCUT2D eigenvalue weighted by Crippen LogP contribution is -2.21. The molecule has 4 aromatic rings. The van der Waals surface area contributed by atoms with Crippen molar-refractivity contribution >= 4 is 23.0 Å². The van der Waals surface area contributed by atoms with Gasteiger partial charge in [-0.1, -0.05) is 12.1 Å². The molecule has 0 aliphatic carbocycles. The van der Waals surface area contributed by atoms with E-state index in [0.717, 1.165) is 16.6 Å². The first-order chi connectivity index (χ1) is 16.1. The molecule has 0 saturated heterocycles. The molecule has 0 radical (unpaired) electrons. The number of carbonyl (C=O) groups is 2. The van der Waals surface area contributed by atoms with E-state index in [1.165, 1.54) is 6.33 Å². The summed E-state index contributed by atoms with van der Waals surface area (Å²) in [4.78, 5) is 31.8. The van der Waals surface area contributed by atoms with Crippen LogP contribution in [-0.4, -0.2) is 53.1 Å². The average Bonchev–Trinajstić information content (AvgIpc) is 3.47. The Labute approximate surface area is 188 Å². The third-order valence-electron chi connectivity index (χ3n) is 4.56. The standard InChI is InChI=1S/C19H14N6O2.C2HF3O2/c20-8-12-2-1-3-13(6-12)16(7-17(26)27)25-10-14(9-24-25)18-15-4-5-21-19(15)23-11-22-18;3-2(4,5)1(6)7/h1-6,9-11,16H,7H2,(H,26,27)(H,21,22,23);(H,6,7). The Hall–Kier alpha value is -4.73. The molecule has 10 nitrogen and oxygen atoms in total. The number of carboxylic acid groups (broad SMARTS) is 2. The number of benzene rings is 1. The summed E-state index contributed by atoms with van der Waals surface area (Å²) in [6.07, 6.45) is 1.43. The lowest BCUT2D eigenvalue weighted by Gasteiger charge is -2.16. The Morgan fingerprint density at radius 3 is 2.59 bits per heavy atom. The van der Waals surface area contributed by atoms with E-state index < -0.39 is 24.2 Å². The van der Waals surface area contributed by atoms with Crippen LogP contribution in [-0.2, 0) is 9.59 Å². The first-order valence-electron chi connectivity index (χ1n) is 9.44. The molecule has 0 spiro atoms. The quantitative estimate of drug-likeness (QED) is 0.399. The van der Waals surface area contributed by atoms with Gasteiger partial charge in [-0.15, -0.1) is 0 Å². The molecule has 0 saturated carbocycles. The monoisotopic (exact) mass is 472 g/mol. The van der Waals surface area contributed by atoms with Crippen molar-refractivity contribution in [2.24, 2.45) is 0 Å². The molecule has 1 atom stereocenters. The summed E-state index contributed by atoms with van der Waals surface area (Å²) in [6.45, 7) is 0. The van der Waals surface area contributed by atoms with Gasteiger partial charge in [0.1, 0.15) is 12.0 Å². The van der Waals surface area contributed by atoms with Gasteiger partial charge >= 0.3 is 18.1 Å². The van der Waals surface area contributed by atoms with E-state index in [0.29, 0.717) is 16.8 Å². The molecular weight excluding hydrogens is 457 g/mol. The second kappa shape index (κ2) is 9.82. The van der Waals surface area contributed by atoms with Crippen LogP contribution in [0, 0.1) is 11.3 Å². The van der Waals surface area contributed by atoms with Gasteiger partial charge in [0.05, 0.1) is 36.0 Å². The molecule has 34 heavy (non-hydrogen) atoms. The molecule has 0 amide bonds. The van der Waals surface area contributed by atoms with Crippen LogP contribution >= 0.6 is 0 Å². The Balaban J connectivity index is 0.000000406. The van der Waals surface area contributed by atoms with Crippen LogP contribution in [0.15, 0.2) is 55.2 Å². The van der Waals surface area contributed by atoms with Crippen LogP contribution in [0.4, 0.5) is 13.2 Å². The molecule has 3 N–H and O–H groups in total. The smallest absolute Gasteiger partial charge is 0.481 e. The number of nitrogens with zero attached hydrogens (tertiary/aromatic N) is 5. The molecule has 3 aromatic heterocycles. The van der Waals surface area contributed by atoms with E-state index in [-0.39, 0.29) is 6.42 Å². The fourth-order valence-corrected chi connectivity index (χ4v) is 3.08. The van der Waals surface area contributed by atoms with Crippen molar-refractivity contribution in [2.75, 3.05) is 0 Å². The van der Waals surface area contributed by atoms with Gasteiger partial charge in [-0.05, 0) is 23.8 Å². The minimum atomic E-state index is -5.08. The first kappa shape index (κ1) is 23.9. The summed E-state index contributed by atoms with van der Waals surface area (Å²) in [7, 11) is 0. The normalized spacial score (nSPS) is 11.8. The summed E-state index contributed by atoms with van der Waals surface area (Å²) in [5.74, 6) is -3.71. The second-order valence-electron chi connectivity index (χ2n) is 6.83. The molecule has 3 heterocycles. The number of nitrogens with one attached hydrogen (secondary N) is 1. The first-order valence-corrected chi connectivity index (χ1v) is 9.44. The summed E-state index contributed by atoms with van der Waals surface area (Å²) in [5.41, 5.74) is 3.37. The fraction of sp³-hybridized carbons (Fsp3) is 0.143. The van der Waals surface area contributed by atoms with Crippen LogP contribution in [0.1, 0.15) is 23.6 Å². The Bertz CT molecular complexity index is 1370. The van der Waals surface area contributed by atoms with Crippen LogP contribution < -0.4 is 0 Å². The number of fused-ring (bicyclic) bond motifs is 1. The van der Waals surface area contributed by atoms with E-state index >= 15 is 0 Å². The number of aromatic nitrogens is 5. The SMILES string of the molecule is N#Cc1cccc(C(CC(=O)O)n2cc(-c3ncnc4[nH]ccc34)cn2)c1.O=C(O)C(F)(F)F. The number of alkyl halides is 3. The second-order valence-corrected chi connectivity index (χ2v) is 6.83. The van der Waals surface area contributed by atoms with Crippen LogP contribution in [0.25, 0.3) is 22.3 Å². The predicted octanol–water partition coefficient (Wildman–Crippen LogP) is 3.39. The van der Waals surface area contributed by atoms with Crippen molar-refractivity contribution in [1.29, 1.82) is 5.26 Å². The highest BCUT2D eigenvalue weighted by atomic mass is 19.4. The minimum Gasteiger partial charge on any atom is -0.481 e. The summed E-state index contributed by atoms with van der Waals surface area (Å²) < 4.78 is 33.3. The van der Waals surface area contributed by atoms with Crippen molar-refractivity contribution in [1.82, 2.24) is 24.7 Å². The van der Waals surface area contributed by atoms with Gasteiger partial charge in [0.25, 0.3) is 0 Å². The fourth-order valence-electron chi connectivity index (χ4n) is 3.08. The van der Waals surface area contributed by atoms with E-state index in [2.05, 4.69) is 26.1 Å². The number of H-pyrrole nitrogens is 1. The third kappa shape index (κ3) is 5.54. The Morgan fingerprint density at radius 1 is 1.21 bits per heavy atom. The van der Waals surface area contributed by atoms with E-state index in [9.17, 15) is 23.1 Å². The summed E-state index contributed by atoms with van der Waals surface area (Å²) >= 11 is 0. The number of hydrogen-bond donors (Lipinski definition) is 3. The van der Waals surface area contributed by atoms with Gasteiger partial charge in [-0.25, -0.2) is 14.8 Å². The highest BCUT2D eigenvalue weighted by molar-refractivity contribution is 5.90. The molecule has 0 fully saturated rings. The molecule has 4 rings (SSSR count). The van der Waals surface area contributed by atoms with Crippen LogP contribution in [0.3, 0.4) is 0 Å². The van der Waals surface area contributed by atoms with Gasteiger partial charge in [0.2, 0.25) is 0 Å². The zero-order valence-corrected chi connectivity index (χ0v) is 17.1. The predicted molar refractivity (Wildman–Crippen MR) is 110 cm³/mol. The minimum absolute atomic E-state index is 0.153. The van der Waals surface area contributed by atoms with Crippen LogP contribution in [0.5, 0.6) is 0 Å². The molecular formula is C21H15F3N6O4. The number of halogens is 3. The molecule has 1 aromatic carbocycles. The molecule has 0 bridgehead atoms. The molecule has 0 aliphatic rings. The average molecular weight is 472 g/mol. The van der Waals surface area contributed by atoms with Crippen molar-refractivity contribution in [3.05, 3.63) is 66.4 Å². The number of aromatic amines is 1. The maximum absolute atomic E-state index is 11.4. The van der Waals surface area contributed by atoms with Crippen molar-refractivity contribution in [3.8, 4) is 17.3 Å². The van der Waals surface area contributed by atoms with Crippen molar-refractivity contribution in [3.63, 3.8) is 0 Å². The molecule has 13 heteroatoms. The number of aliphatic carboxylic acids is 2. The molecule has 0 aliphatic heterocycles. The lowest BCUT2D eigenvalue weighted by molar-refractivity contribution is -0.192. The highest BCUT2D eigenvalue weighted by Crippen LogP contribution is 2.28. The van der Waals surface area contributed by atoms with Crippen LogP contribution in [0.2, 0.25) is 0 Å². The van der Waals surface area contributed by atoms with Crippen molar-refractivity contribution in [2.45, 2.75) is 18.6 Å². The summed E-state index contributed by atoms with van der Waals surface area (Å²) in [5, 5.41) is 30.8. The number of hydrogen-bond acceptors (Lipinski definition) is 6. The Kier molecular flexibility index (Phi) is 6.91. The van der Waals surface area contributed by atoms with Gasteiger partial charge in [-0.3, -0.25) is 9.48 Å². The van der Waals surface area contributed by atoms with Gasteiger partial charge in [0, 0.05) is 23.3 Å². The maximum atomic E-state index is 11.4. The number of carboxylic acids is 2. The topological polar surface area (TPSA) is 158 Å². The Morgan fingerprint density at radius 2 is 1.94 bits per heavy atom. The number of rotatable bonds is 5. The van der Waals surface area contributed by atoms with E-state index in [4.69, 9.17) is 15.2 Å². The lowest BCUT2D eigenvalue weighted by atomic mass is 10.0. The summed E-state index contributed by atoms with van der Waals surface area (Å²) in [6, 6.07) is 10.3. The third-order valence-corrected chi connectivity index (χ3v) is 4.56. The molecule has 1 unspecified atom stereocenters. The van der Waals surface area contributed by atoms with Gasteiger partial charge in [-0.2, -0.15) is 23.5 Å². The van der Waals surface area contributed by atoms with Gasteiger partial charge < -0.3 is 15.2 Å². The molecule has 174 valence electrons. The largest absolute Gasteiger partial charge is 0.490 e. The number of nitriles is 1. The highest BCUT2D eigenvalue weighted by Gasteiger charge is 2.38. The van der Waals surface area contributed by atoms with Gasteiger partial charge in [0.15, 0.2) is 0 Å². The zero-order chi connectivity index (χ0) is 24.9. The van der Waals surface area contributed by atoms with Crippen molar-refractivity contribution < 1.29 is 33.0 Å². The zero-order valence-electron chi connectivity index (χ0n) is 17.1.